The molecule has 0 amide bonds. The van der Waals surface area contributed by atoms with E-state index < -0.39 is 0 Å². The summed E-state index contributed by atoms with van der Waals surface area (Å²) in [5, 5.41) is 7.06. The standard InChI is InChI=1S/C18H33N3O.HI/c1-3-4-15-5-7-17(8-6-15)21-18(19-2)20-12-9-16-10-13-22-14-11-16;/h10,15,17H,3-9,11-14H2,1-2H3,(H2,19,20,21);1H. The van der Waals surface area contributed by atoms with Crippen LogP contribution in [0.25, 0.3) is 0 Å². The van der Waals surface area contributed by atoms with Gasteiger partial charge in [0.2, 0.25) is 0 Å². The van der Waals surface area contributed by atoms with Crippen LogP contribution >= 0.6 is 24.0 Å². The third-order valence-corrected chi connectivity index (χ3v) is 4.90. The van der Waals surface area contributed by atoms with E-state index >= 15 is 0 Å². The molecule has 5 heteroatoms. The highest BCUT2D eigenvalue weighted by Gasteiger charge is 2.21. The van der Waals surface area contributed by atoms with Crippen molar-refractivity contribution in [2.24, 2.45) is 10.9 Å². The summed E-state index contributed by atoms with van der Waals surface area (Å²) < 4.78 is 5.34. The lowest BCUT2D eigenvalue weighted by Gasteiger charge is -2.30. The van der Waals surface area contributed by atoms with Gasteiger partial charge >= 0.3 is 0 Å². The van der Waals surface area contributed by atoms with Crippen LogP contribution in [0.1, 0.15) is 58.3 Å². The van der Waals surface area contributed by atoms with Crippen LogP contribution in [0.4, 0.5) is 0 Å². The molecule has 0 bridgehead atoms. The Morgan fingerprint density at radius 1 is 1.30 bits per heavy atom. The summed E-state index contributed by atoms with van der Waals surface area (Å²) in [6, 6.07) is 0.599. The smallest absolute Gasteiger partial charge is 0.191 e. The molecule has 1 heterocycles. The highest BCUT2D eigenvalue weighted by molar-refractivity contribution is 14.0. The van der Waals surface area contributed by atoms with Crippen LogP contribution in [-0.2, 0) is 4.74 Å². The molecule has 1 aliphatic heterocycles. The van der Waals surface area contributed by atoms with Crippen molar-refractivity contribution < 1.29 is 4.74 Å². The normalized spacial score (nSPS) is 25.3. The molecule has 0 saturated heterocycles. The van der Waals surface area contributed by atoms with Gasteiger partial charge in [0.15, 0.2) is 5.96 Å². The van der Waals surface area contributed by atoms with Crippen LogP contribution in [0.3, 0.4) is 0 Å². The molecule has 23 heavy (non-hydrogen) atoms. The first-order valence-electron chi connectivity index (χ1n) is 9.04. The third-order valence-electron chi connectivity index (χ3n) is 4.90. The van der Waals surface area contributed by atoms with Gasteiger partial charge < -0.3 is 15.4 Å². The predicted octanol–water partition coefficient (Wildman–Crippen LogP) is 3.87. The van der Waals surface area contributed by atoms with E-state index in [0.29, 0.717) is 6.04 Å². The van der Waals surface area contributed by atoms with Crippen molar-refractivity contribution in [3.63, 3.8) is 0 Å². The number of guanidine groups is 1. The molecule has 0 radical (unpaired) electrons. The first-order chi connectivity index (χ1) is 10.8. The third kappa shape index (κ3) is 7.88. The quantitative estimate of drug-likeness (QED) is 0.288. The van der Waals surface area contributed by atoms with Crippen LogP contribution < -0.4 is 10.6 Å². The lowest BCUT2D eigenvalue weighted by molar-refractivity contribution is 0.153. The molecule has 1 saturated carbocycles. The van der Waals surface area contributed by atoms with Crippen LogP contribution in [0.15, 0.2) is 16.6 Å². The van der Waals surface area contributed by atoms with Crippen LogP contribution in [-0.4, -0.2) is 38.8 Å². The van der Waals surface area contributed by atoms with E-state index in [1.54, 1.807) is 0 Å². The molecule has 0 aromatic rings. The zero-order valence-electron chi connectivity index (χ0n) is 14.8. The molecule has 1 aliphatic carbocycles. The van der Waals surface area contributed by atoms with E-state index in [2.05, 4.69) is 28.6 Å². The van der Waals surface area contributed by atoms with Crippen molar-refractivity contribution in [1.29, 1.82) is 0 Å². The van der Waals surface area contributed by atoms with E-state index in [4.69, 9.17) is 4.74 Å². The first-order valence-corrected chi connectivity index (χ1v) is 9.04. The van der Waals surface area contributed by atoms with E-state index in [1.807, 2.05) is 7.05 Å². The summed E-state index contributed by atoms with van der Waals surface area (Å²) in [7, 11) is 1.87. The summed E-state index contributed by atoms with van der Waals surface area (Å²) in [6.45, 7) is 4.91. The fraction of sp³-hybridized carbons (Fsp3) is 0.833. The molecule has 134 valence electrons. The Labute approximate surface area is 158 Å². The molecule has 0 unspecified atom stereocenters. The number of ether oxygens (including phenoxy) is 1. The van der Waals surface area contributed by atoms with Gasteiger partial charge in [-0.15, -0.1) is 24.0 Å². The average Bonchev–Trinajstić information content (AvgIpc) is 2.57. The van der Waals surface area contributed by atoms with E-state index in [1.165, 1.54) is 44.1 Å². The van der Waals surface area contributed by atoms with Crippen LogP contribution in [0.2, 0.25) is 0 Å². The van der Waals surface area contributed by atoms with Gasteiger partial charge in [-0.2, -0.15) is 0 Å². The molecule has 4 nitrogen and oxygen atoms in total. The molecule has 2 aliphatic rings. The number of nitrogens with one attached hydrogen (secondary N) is 2. The maximum absolute atomic E-state index is 5.34. The van der Waals surface area contributed by atoms with E-state index in [0.717, 1.165) is 44.5 Å². The average molecular weight is 435 g/mol. The molecule has 2 rings (SSSR count). The molecule has 0 atom stereocenters. The van der Waals surface area contributed by atoms with Crippen molar-refractivity contribution in [3.05, 3.63) is 11.6 Å². The zero-order chi connectivity index (χ0) is 15.6. The lowest BCUT2D eigenvalue weighted by atomic mass is 9.83. The van der Waals surface area contributed by atoms with Crippen molar-refractivity contribution in [2.45, 2.75) is 64.3 Å². The van der Waals surface area contributed by atoms with E-state index in [9.17, 15) is 0 Å². The molecule has 0 aromatic heterocycles. The Morgan fingerprint density at radius 2 is 2.09 bits per heavy atom. The van der Waals surface area contributed by atoms with Crippen molar-refractivity contribution in [3.8, 4) is 0 Å². The summed E-state index contributed by atoms with van der Waals surface area (Å²) in [6.07, 6.45) is 12.4. The van der Waals surface area contributed by atoms with Crippen molar-refractivity contribution in [1.82, 2.24) is 10.6 Å². The fourth-order valence-electron chi connectivity index (χ4n) is 3.53. The molecule has 1 fully saturated rings. The number of nitrogens with zero attached hydrogens (tertiary/aromatic N) is 1. The minimum Gasteiger partial charge on any atom is -0.377 e. The second-order valence-corrected chi connectivity index (χ2v) is 6.59. The molecule has 0 spiro atoms. The minimum atomic E-state index is 0. The number of halogens is 1. The van der Waals surface area contributed by atoms with Gasteiger partial charge in [-0.1, -0.05) is 31.4 Å². The number of hydrogen-bond acceptors (Lipinski definition) is 2. The number of rotatable bonds is 6. The Morgan fingerprint density at radius 3 is 2.70 bits per heavy atom. The van der Waals surface area contributed by atoms with Gasteiger partial charge in [0.1, 0.15) is 0 Å². The van der Waals surface area contributed by atoms with Gasteiger partial charge in [-0.05, 0) is 44.4 Å². The Balaban J connectivity index is 0.00000264. The molecule has 2 N–H and O–H groups in total. The van der Waals surface area contributed by atoms with Gasteiger partial charge in [-0.25, -0.2) is 0 Å². The highest BCUT2D eigenvalue weighted by Crippen LogP contribution is 2.27. The van der Waals surface area contributed by atoms with Gasteiger partial charge in [0, 0.05) is 19.6 Å². The fourth-order valence-corrected chi connectivity index (χ4v) is 3.53. The van der Waals surface area contributed by atoms with Gasteiger partial charge in [0.05, 0.1) is 13.2 Å². The topological polar surface area (TPSA) is 45.7 Å². The Kier molecular flexibility index (Phi) is 10.9. The van der Waals surface area contributed by atoms with Crippen LogP contribution in [0, 0.1) is 5.92 Å². The van der Waals surface area contributed by atoms with Crippen molar-refractivity contribution in [2.75, 3.05) is 26.8 Å². The summed E-state index contributed by atoms with van der Waals surface area (Å²) in [5.41, 5.74) is 1.51. The SMILES string of the molecule is CCCC1CCC(NC(=NC)NCCC2=CCOCC2)CC1.I. The number of hydrogen-bond donors (Lipinski definition) is 2. The zero-order valence-corrected chi connectivity index (χ0v) is 17.1. The number of aliphatic imine (C=N–C) groups is 1. The molecule has 0 aromatic carbocycles. The molecular formula is C18H34IN3O. The van der Waals surface area contributed by atoms with Crippen molar-refractivity contribution >= 4 is 29.9 Å². The maximum Gasteiger partial charge on any atom is 0.191 e. The largest absolute Gasteiger partial charge is 0.377 e. The summed E-state index contributed by atoms with van der Waals surface area (Å²) in [4.78, 5) is 4.37. The first kappa shape index (κ1) is 20.7. The summed E-state index contributed by atoms with van der Waals surface area (Å²) >= 11 is 0. The lowest BCUT2D eigenvalue weighted by Crippen LogP contribution is -2.45. The van der Waals surface area contributed by atoms with E-state index in [-0.39, 0.29) is 24.0 Å². The van der Waals surface area contributed by atoms with Gasteiger partial charge in [0.25, 0.3) is 0 Å². The second kappa shape index (κ2) is 12.1. The van der Waals surface area contributed by atoms with Gasteiger partial charge in [-0.3, -0.25) is 4.99 Å². The highest BCUT2D eigenvalue weighted by atomic mass is 127. The molecular weight excluding hydrogens is 401 g/mol. The minimum absolute atomic E-state index is 0. The predicted molar refractivity (Wildman–Crippen MR) is 109 cm³/mol. The monoisotopic (exact) mass is 435 g/mol. The summed E-state index contributed by atoms with van der Waals surface area (Å²) in [5.74, 6) is 1.92. The second-order valence-electron chi connectivity index (χ2n) is 6.59. The Hall–Kier alpha value is -0.300. The Bertz CT molecular complexity index is 376. The van der Waals surface area contributed by atoms with Crippen LogP contribution in [0.5, 0.6) is 0 Å². The maximum atomic E-state index is 5.34.